The molecule has 1 aromatic carbocycles. The minimum absolute atomic E-state index is 0.119. The van der Waals surface area contributed by atoms with Crippen molar-refractivity contribution in [1.82, 2.24) is 10.2 Å². The highest BCUT2D eigenvalue weighted by Gasteiger charge is 2.10. The number of hydrogen-bond donors (Lipinski definition) is 1. The summed E-state index contributed by atoms with van der Waals surface area (Å²) >= 11 is 0. The molecule has 1 aromatic heterocycles. The minimum Gasteiger partial charge on any atom is -0.492 e. The Kier molecular flexibility index (Phi) is 4.06. The molecule has 0 aliphatic carbocycles. The topological polar surface area (TPSA) is 91.2 Å². The molecule has 1 unspecified atom stereocenters. The molecule has 1 atom stereocenters. The predicted octanol–water partition coefficient (Wildman–Crippen LogP) is 0.811. The fraction of sp³-hybridized carbons (Fsp3) is 0.273. The molecule has 0 saturated carbocycles. The van der Waals surface area contributed by atoms with Gasteiger partial charge in [-0.2, -0.15) is 0 Å². The van der Waals surface area contributed by atoms with Gasteiger partial charge in [-0.25, -0.2) is 4.21 Å². The summed E-state index contributed by atoms with van der Waals surface area (Å²) < 4.78 is 21.8. The number of aromatic nitrogens is 2. The quantitative estimate of drug-likeness (QED) is 0.862. The van der Waals surface area contributed by atoms with Crippen molar-refractivity contribution in [2.24, 2.45) is 5.73 Å². The lowest BCUT2D eigenvalue weighted by molar-refractivity contribution is 0.328. The lowest BCUT2D eigenvalue weighted by atomic mass is 10.2. The third kappa shape index (κ3) is 2.93. The third-order valence-corrected chi connectivity index (χ3v) is 2.80. The Balaban J connectivity index is 2.15. The van der Waals surface area contributed by atoms with Gasteiger partial charge in [0.05, 0.1) is 0 Å². The van der Waals surface area contributed by atoms with Gasteiger partial charge in [-0.1, -0.05) is 5.10 Å². The zero-order valence-corrected chi connectivity index (χ0v) is 10.6. The van der Waals surface area contributed by atoms with E-state index in [2.05, 4.69) is 10.2 Å². The number of ether oxygens (including phenoxy) is 1. The van der Waals surface area contributed by atoms with E-state index < -0.39 is 10.8 Å². The Morgan fingerprint density at radius 2 is 2.06 bits per heavy atom. The maximum Gasteiger partial charge on any atom is 0.307 e. The summed E-state index contributed by atoms with van der Waals surface area (Å²) in [5.41, 5.74) is 6.09. The average Bonchev–Trinajstić information content (AvgIpc) is 2.87. The van der Waals surface area contributed by atoms with E-state index in [4.69, 9.17) is 14.9 Å². The number of benzene rings is 1. The summed E-state index contributed by atoms with van der Waals surface area (Å²) in [6.45, 7) is 0.940. The van der Waals surface area contributed by atoms with Crippen LogP contribution in [0.15, 0.2) is 33.9 Å². The lowest BCUT2D eigenvalue weighted by Gasteiger charge is -2.03. The molecule has 0 radical (unpaired) electrons. The highest BCUT2D eigenvalue weighted by atomic mass is 32.2. The molecule has 0 aliphatic rings. The molecule has 2 rings (SSSR count). The maximum atomic E-state index is 11.1. The third-order valence-electron chi connectivity index (χ3n) is 2.14. The Morgan fingerprint density at radius 1 is 1.33 bits per heavy atom. The van der Waals surface area contributed by atoms with Crippen LogP contribution in [0, 0.1) is 0 Å². The van der Waals surface area contributed by atoms with Gasteiger partial charge in [-0.05, 0) is 24.3 Å². The van der Waals surface area contributed by atoms with Crippen LogP contribution in [0.4, 0.5) is 0 Å². The SMILES string of the molecule is CS(=O)c1nnc(-c2ccc(OCCN)cc2)o1. The Morgan fingerprint density at radius 3 is 2.61 bits per heavy atom. The fourth-order valence-corrected chi connectivity index (χ4v) is 1.67. The molecule has 7 heteroatoms. The summed E-state index contributed by atoms with van der Waals surface area (Å²) in [5.74, 6) is 1.06. The number of hydrogen-bond acceptors (Lipinski definition) is 6. The molecular formula is C11H13N3O3S. The van der Waals surface area contributed by atoms with Crippen molar-refractivity contribution in [2.75, 3.05) is 19.4 Å². The predicted molar refractivity (Wildman–Crippen MR) is 66.6 cm³/mol. The van der Waals surface area contributed by atoms with Gasteiger partial charge in [0, 0.05) is 18.4 Å². The van der Waals surface area contributed by atoms with Crippen molar-refractivity contribution in [1.29, 1.82) is 0 Å². The molecule has 2 aromatic rings. The van der Waals surface area contributed by atoms with Crippen LogP contribution in [0.3, 0.4) is 0 Å². The Labute approximate surface area is 107 Å². The van der Waals surface area contributed by atoms with Crippen molar-refractivity contribution in [3.63, 3.8) is 0 Å². The molecule has 0 fully saturated rings. The molecule has 1 heterocycles. The van der Waals surface area contributed by atoms with Gasteiger partial charge in [0.1, 0.15) is 23.2 Å². The van der Waals surface area contributed by atoms with Gasteiger partial charge in [0.2, 0.25) is 5.89 Å². The summed E-state index contributed by atoms with van der Waals surface area (Å²) in [6, 6.07) is 7.17. The van der Waals surface area contributed by atoms with E-state index in [1.807, 2.05) is 0 Å². The van der Waals surface area contributed by atoms with E-state index in [1.54, 1.807) is 24.3 Å². The van der Waals surface area contributed by atoms with Crippen LogP contribution in [0.25, 0.3) is 11.5 Å². The molecule has 2 N–H and O–H groups in total. The second kappa shape index (κ2) is 5.74. The summed E-state index contributed by atoms with van der Waals surface area (Å²) in [5, 5.41) is 7.65. The summed E-state index contributed by atoms with van der Waals surface area (Å²) in [6.07, 6.45) is 1.49. The van der Waals surface area contributed by atoms with Gasteiger partial charge in [0.25, 0.3) is 0 Å². The second-order valence-corrected chi connectivity index (χ2v) is 4.75. The van der Waals surface area contributed by atoms with Crippen LogP contribution >= 0.6 is 0 Å². The van der Waals surface area contributed by atoms with Crippen LogP contribution in [0.5, 0.6) is 5.75 Å². The van der Waals surface area contributed by atoms with Gasteiger partial charge < -0.3 is 14.9 Å². The first kappa shape index (κ1) is 12.7. The lowest BCUT2D eigenvalue weighted by Crippen LogP contribution is -2.10. The van der Waals surface area contributed by atoms with Crippen LogP contribution < -0.4 is 10.5 Å². The summed E-state index contributed by atoms with van der Waals surface area (Å²) in [4.78, 5) is 0. The molecule has 0 saturated heterocycles. The van der Waals surface area contributed by atoms with Crippen LogP contribution in [0.1, 0.15) is 0 Å². The molecule has 0 aliphatic heterocycles. The standard InChI is InChI=1S/C11H13N3O3S/c1-18(15)11-14-13-10(17-11)8-2-4-9(5-3-8)16-7-6-12/h2-5H,6-7,12H2,1H3. The Bertz CT molecular complexity index is 539. The van der Waals surface area contributed by atoms with E-state index in [9.17, 15) is 4.21 Å². The minimum atomic E-state index is -1.27. The van der Waals surface area contributed by atoms with Gasteiger partial charge in [-0.3, -0.25) is 0 Å². The number of rotatable bonds is 5. The number of nitrogens with zero attached hydrogens (tertiary/aromatic N) is 2. The summed E-state index contributed by atoms with van der Waals surface area (Å²) in [7, 11) is -1.27. The normalized spacial score (nSPS) is 12.3. The molecular weight excluding hydrogens is 254 g/mol. The largest absolute Gasteiger partial charge is 0.492 e. The van der Waals surface area contributed by atoms with Crippen LogP contribution in [0.2, 0.25) is 0 Å². The molecule has 96 valence electrons. The van der Waals surface area contributed by atoms with E-state index in [0.717, 1.165) is 11.3 Å². The number of nitrogens with two attached hydrogens (primary N) is 1. The van der Waals surface area contributed by atoms with E-state index >= 15 is 0 Å². The van der Waals surface area contributed by atoms with E-state index in [-0.39, 0.29) is 5.22 Å². The molecule has 0 amide bonds. The molecule has 0 spiro atoms. The average molecular weight is 267 g/mol. The van der Waals surface area contributed by atoms with Crippen molar-refractivity contribution in [2.45, 2.75) is 5.22 Å². The van der Waals surface area contributed by atoms with Crippen molar-refractivity contribution in [3.05, 3.63) is 24.3 Å². The van der Waals surface area contributed by atoms with E-state index in [0.29, 0.717) is 19.0 Å². The van der Waals surface area contributed by atoms with Gasteiger partial charge in [0.15, 0.2) is 0 Å². The smallest absolute Gasteiger partial charge is 0.307 e. The van der Waals surface area contributed by atoms with Crippen molar-refractivity contribution < 1.29 is 13.4 Å². The first-order valence-corrected chi connectivity index (χ1v) is 6.86. The molecule has 0 bridgehead atoms. The monoisotopic (exact) mass is 267 g/mol. The first-order valence-electron chi connectivity index (χ1n) is 5.31. The first-order chi connectivity index (χ1) is 8.70. The molecule has 18 heavy (non-hydrogen) atoms. The zero-order valence-electron chi connectivity index (χ0n) is 9.83. The van der Waals surface area contributed by atoms with Gasteiger partial charge >= 0.3 is 5.22 Å². The van der Waals surface area contributed by atoms with Crippen LogP contribution in [-0.2, 0) is 10.8 Å². The highest BCUT2D eigenvalue weighted by Crippen LogP contribution is 2.21. The maximum absolute atomic E-state index is 11.1. The second-order valence-electron chi connectivity index (χ2n) is 3.49. The zero-order chi connectivity index (χ0) is 13.0. The fourth-order valence-electron chi connectivity index (χ4n) is 1.31. The van der Waals surface area contributed by atoms with Crippen molar-refractivity contribution >= 4 is 10.8 Å². The Hall–Kier alpha value is -1.73. The van der Waals surface area contributed by atoms with E-state index in [1.165, 1.54) is 6.26 Å². The van der Waals surface area contributed by atoms with Crippen LogP contribution in [-0.4, -0.2) is 33.8 Å². The molecule has 6 nitrogen and oxygen atoms in total. The highest BCUT2D eigenvalue weighted by molar-refractivity contribution is 7.84. The van der Waals surface area contributed by atoms with Gasteiger partial charge in [-0.15, -0.1) is 5.10 Å². The van der Waals surface area contributed by atoms with Crippen molar-refractivity contribution in [3.8, 4) is 17.2 Å².